The van der Waals surface area contributed by atoms with Crippen molar-refractivity contribution in [3.63, 3.8) is 0 Å². The van der Waals surface area contributed by atoms with Gasteiger partial charge in [0.15, 0.2) is 0 Å². The first-order valence-electron chi connectivity index (χ1n) is 4.98. The van der Waals surface area contributed by atoms with Crippen molar-refractivity contribution in [1.82, 2.24) is 0 Å². The zero-order valence-electron chi connectivity index (χ0n) is 8.71. The van der Waals surface area contributed by atoms with Crippen LogP contribution in [0.2, 0.25) is 10.0 Å². The monoisotopic (exact) mass is 258 g/mol. The van der Waals surface area contributed by atoms with Gasteiger partial charge in [-0.15, -0.1) is 6.58 Å². The summed E-state index contributed by atoms with van der Waals surface area (Å²) in [5.41, 5.74) is -0.201. The SMILES string of the molecule is C=CCC1(COc2cccc(Cl)c2Cl)CO1. The Labute approximate surface area is 105 Å². The summed E-state index contributed by atoms with van der Waals surface area (Å²) in [4.78, 5) is 0. The molecule has 0 bridgehead atoms. The van der Waals surface area contributed by atoms with Crippen LogP contribution in [0.1, 0.15) is 6.42 Å². The maximum Gasteiger partial charge on any atom is 0.139 e. The summed E-state index contributed by atoms with van der Waals surface area (Å²) in [5.74, 6) is 0.591. The van der Waals surface area contributed by atoms with Crippen LogP contribution in [0.15, 0.2) is 30.9 Å². The summed E-state index contributed by atoms with van der Waals surface area (Å²) >= 11 is 11.9. The zero-order valence-corrected chi connectivity index (χ0v) is 10.2. The van der Waals surface area contributed by atoms with Gasteiger partial charge in [-0.1, -0.05) is 35.3 Å². The highest BCUT2D eigenvalue weighted by atomic mass is 35.5. The van der Waals surface area contributed by atoms with Crippen molar-refractivity contribution in [2.45, 2.75) is 12.0 Å². The van der Waals surface area contributed by atoms with Gasteiger partial charge in [-0.3, -0.25) is 0 Å². The fraction of sp³-hybridized carbons (Fsp3) is 0.333. The van der Waals surface area contributed by atoms with Gasteiger partial charge in [-0.2, -0.15) is 0 Å². The van der Waals surface area contributed by atoms with Crippen molar-refractivity contribution in [2.24, 2.45) is 0 Å². The third-order valence-corrected chi connectivity index (χ3v) is 3.28. The van der Waals surface area contributed by atoms with Crippen LogP contribution in [0.25, 0.3) is 0 Å². The van der Waals surface area contributed by atoms with Crippen molar-refractivity contribution in [3.05, 3.63) is 40.9 Å². The van der Waals surface area contributed by atoms with E-state index in [9.17, 15) is 0 Å². The van der Waals surface area contributed by atoms with E-state index in [-0.39, 0.29) is 5.60 Å². The quantitative estimate of drug-likeness (QED) is 0.593. The molecular formula is C12H12Cl2O2. The summed E-state index contributed by atoms with van der Waals surface area (Å²) in [6, 6.07) is 5.32. The van der Waals surface area contributed by atoms with Gasteiger partial charge < -0.3 is 9.47 Å². The molecule has 1 saturated heterocycles. The minimum absolute atomic E-state index is 0.201. The number of epoxide rings is 1. The Morgan fingerprint density at radius 1 is 1.50 bits per heavy atom. The Bertz CT molecular complexity index is 400. The van der Waals surface area contributed by atoms with Gasteiger partial charge in [0.1, 0.15) is 23.0 Å². The Hall–Kier alpha value is -0.700. The maximum absolute atomic E-state index is 6.00. The molecule has 0 amide bonds. The molecule has 1 fully saturated rings. The molecule has 1 aromatic carbocycles. The fourth-order valence-electron chi connectivity index (χ4n) is 1.43. The van der Waals surface area contributed by atoms with E-state index in [1.165, 1.54) is 0 Å². The van der Waals surface area contributed by atoms with Gasteiger partial charge in [0, 0.05) is 0 Å². The smallest absolute Gasteiger partial charge is 0.139 e. The lowest BCUT2D eigenvalue weighted by molar-refractivity contribution is 0.190. The molecule has 1 aromatic rings. The molecule has 1 atom stereocenters. The predicted molar refractivity (Wildman–Crippen MR) is 65.5 cm³/mol. The molecule has 0 radical (unpaired) electrons. The van der Waals surface area contributed by atoms with Crippen molar-refractivity contribution < 1.29 is 9.47 Å². The summed E-state index contributed by atoms with van der Waals surface area (Å²) in [6.07, 6.45) is 2.61. The highest BCUT2D eigenvalue weighted by Gasteiger charge is 2.44. The van der Waals surface area contributed by atoms with Crippen molar-refractivity contribution >= 4 is 23.2 Å². The number of halogens is 2. The van der Waals surface area contributed by atoms with Crippen molar-refractivity contribution in [2.75, 3.05) is 13.2 Å². The van der Waals surface area contributed by atoms with Crippen LogP contribution < -0.4 is 4.74 Å². The average Bonchev–Trinajstić information content (AvgIpc) is 3.02. The Morgan fingerprint density at radius 3 is 2.88 bits per heavy atom. The second-order valence-electron chi connectivity index (χ2n) is 3.81. The Kier molecular flexibility index (Phi) is 3.43. The van der Waals surface area contributed by atoms with Crippen molar-refractivity contribution in [1.29, 1.82) is 0 Å². The first kappa shape index (κ1) is 11.8. The van der Waals surface area contributed by atoms with Crippen molar-refractivity contribution in [3.8, 4) is 5.75 Å². The minimum atomic E-state index is -0.201. The van der Waals surface area contributed by atoms with Crippen LogP contribution >= 0.6 is 23.2 Å². The van der Waals surface area contributed by atoms with Gasteiger partial charge in [-0.25, -0.2) is 0 Å². The fourth-order valence-corrected chi connectivity index (χ4v) is 1.78. The first-order valence-corrected chi connectivity index (χ1v) is 5.74. The molecule has 2 nitrogen and oxygen atoms in total. The van der Waals surface area contributed by atoms with E-state index in [0.29, 0.717) is 29.0 Å². The molecule has 1 aliphatic heterocycles. The molecule has 0 spiro atoms. The van der Waals surface area contributed by atoms with Gasteiger partial charge in [0.2, 0.25) is 0 Å². The number of hydrogen-bond acceptors (Lipinski definition) is 2. The lowest BCUT2D eigenvalue weighted by atomic mass is 10.1. The minimum Gasteiger partial charge on any atom is -0.489 e. The Morgan fingerprint density at radius 2 is 2.25 bits per heavy atom. The van der Waals surface area contributed by atoms with E-state index in [0.717, 1.165) is 6.42 Å². The highest BCUT2D eigenvalue weighted by Crippen LogP contribution is 2.35. The summed E-state index contributed by atoms with van der Waals surface area (Å²) in [6.45, 7) is 4.87. The third kappa shape index (κ3) is 2.51. The number of rotatable bonds is 5. The average molecular weight is 259 g/mol. The molecule has 4 heteroatoms. The molecule has 0 saturated carbocycles. The summed E-state index contributed by atoms with van der Waals surface area (Å²) in [5, 5.41) is 0.937. The second-order valence-corrected chi connectivity index (χ2v) is 4.59. The topological polar surface area (TPSA) is 21.8 Å². The van der Waals surface area contributed by atoms with E-state index in [1.54, 1.807) is 18.2 Å². The normalized spacial score (nSPS) is 22.9. The molecule has 0 aliphatic carbocycles. The zero-order chi connectivity index (χ0) is 11.6. The van der Waals surface area contributed by atoms with E-state index in [1.807, 2.05) is 6.08 Å². The van der Waals surface area contributed by atoms with E-state index in [2.05, 4.69) is 6.58 Å². The first-order chi connectivity index (χ1) is 7.67. The van der Waals surface area contributed by atoms with Crippen LogP contribution in [-0.4, -0.2) is 18.8 Å². The largest absolute Gasteiger partial charge is 0.489 e. The molecule has 2 rings (SSSR count). The van der Waals surface area contributed by atoms with Crippen LogP contribution in [0.5, 0.6) is 5.75 Å². The van der Waals surface area contributed by atoms with Gasteiger partial charge >= 0.3 is 0 Å². The molecule has 1 unspecified atom stereocenters. The third-order valence-electron chi connectivity index (χ3n) is 2.48. The lowest BCUT2D eigenvalue weighted by Crippen LogP contribution is -2.20. The lowest BCUT2D eigenvalue weighted by Gasteiger charge is -2.12. The summed E-state index contributed by atoms with van der Waals surface area (Å²) in [7, 11) is 0. The van der Waals surface area contributed by atoms with E-state index >= 15 is 0 Å². The standard InChI is InChI=1S/C12H12Cl2O2/c1-2-6-12(8-16-12)7-15-10-5-3-4-9(13)11(10)14/h2-5H,1,6-8H2. The van der Waals surface area contributed by atoms with Crippen LogP contribution in [-0.2, 0) is 4.74 Å². The summed E-state index contributed by atoms with van der Waals surface area (Å²) < 4.78 is 11.0. The molecule has 1 heterocycles. The number of hydrogen-bond donors (Lipinski definition) is 0. The van der Waals surface area contributed by atoms with E-state index in [4.69, 9.17) is 32.7 Å². The van der Waals surface area contributed by atoms with Crippen LogP contribution in [0, 0.1) is 0 Å². The molecule has 16 heavy (non-hydrogen) atoms. The molecule has 0 N–H and O–H groups in total. The molecule has 86 valence electrons. The molecule has 0 aromatic heterocycles. The van der Waals surface area contributed by atoms with Crippen LogP contribution in [0.3, 0.4) is 0 Å². The van der Waals surface area contributed by atoms with E-state index < -0.39 is 0 Å². The Balaban J connectivity index is 2.00. The second kappa shape index (κ2) is 4.66. The highest BCUT2D eigenvalue weighted by molar-refractivity contribution is 6.42. The number of benzene rings is 1. The number of ether oxygens (including phenoxy) is 2. The van der Waals surface area contributed by atoms with Crippen LogP contribution in [0.4, 0.5) is 0 Å². The maximum atomic E-state index is 6.00. The van der Waals surface area contributed by atoms with Gasteiger partial charge in [0.05, 0.1) is 11.6 Å². The predicted octanol–water partition coefficient (Wildman–Crippen LogP) is 3.72. The molecular weight excluding hydrogens is 247 g/mol. The van der Waals surface area contributed by atoms with Gasteiger partial charge in [0.25, 0.3) is 0 Å². The molecule has 1 aliphatic rings. The van der Waals surface area contributed by atoms with Gasteiger partial charge in [-0.05, 0) is 18.6 Å².